The molecule has 32 heavy (non-hydrogen) atoms. The maximum absolute atomic E-state index is 13.9. The summed E-state index contributed by atoms with van der Waals surface area (Å²) in [4.78, 5) is 12.3. The second-order valence-corrected chi connectivity index (χ2v) is 9.83. The van der Waals surface area contributed by atoms with E-state index in [1.807, 2.05) is 13.8 Å². The van der Waals surface area contributed by atoms with Crippen molar-refractivity contribution in [3.05, 3.63) is 46.9 Å². The van der Waals surface area contributed by atoms with Gasteiger partial charge in [0.1, 0.15) is 17.3 Å². The van der Waals surface area contributed by atoms with Gasteiger partial charge in [-0.05, 0) is 57.4 Å². The van der Waals surface area contributed by atoms with Gasteiger partial charge in [-0.2, -0.15) is 4.31 Å². The lowest BCUT2D eigenvalue weighted by Gasteiger charge is -2.31. The molecule has 1 unspecified atom stereocenters. The summed E-state index contributed by atoms with van der Waals surface area (Å²) in [5, 5.41) is 6.71. The molecule has 0 saturated carbocycles. The molecule has 1 atom stereocenters. The zero-order valence-corrected chi connectivity index (χ0v) is 19.1. The molecule has 0 radical (unpaired) electrons. The molecular formula is C22H27F2N3O4S. The summed E-state index contributed by atoms with van der Waals surface area (Å²) >= 11 is 0. The van der Waals surface area contributed by atoms with Crippen LogP contribution in [0.2, 0.25) is 0 Å². The largest absolute Gasteiger partial charge is 0.355 e. The molecule has 174 valence electrons. The van der Waals surface area contributed by atoms with E-state index >= 15 is 0 Å². The molecule has 3 rings (SSSR count). The van der Waals surface area contributed by atoms with Gasteiger partial charge in [0.15, 0.2) is 10.7 Å². The van der Waals surface area contributed by atoms with Gasteiger partial charge in [0, 0.05) is 36.7 Å². The number of rotatable bonds is 7. The molecule has 1 aliphatic rings. The first-order valence-electron chi connectivity index (χ1n) is 10.5. The predicted octanol–water partition coefficient (Wildman–Crippen LogP) is 3.75. The minimum Gasteiger partial charge on any atom is -0.355 e. The summed E-state index contributed by atoms with van der Waals surface area (Å²) in [6, 6.07) is 3.16. The standard InChI is InChI=1S/C22H27F2N3O4S/c1-4-14(2)25-22(28)17-9-11-27(12-10-17)32(29,30)21-15(3)26-31-20(21)8-6-16-5-7-18(23)13-19(16)24/h5-8,13-14,17H,4,9-12H2,1-3H3,(H,25,28). The molecular weight excluding hydrogens is 440 g/mol. The summed E-state index contributed by atoms with van der Waals surface area (Å²) in [5.74, 6) is -1.82. The number of halogens is 2. The average molecular weight is 468 g/mol. The van der Waals surface area contributed by atoms with Crippen LogP contribution in [0, 0.1) is 24.5 Å². The number of amides is 1. The van der Waals surface area contributed by atoms with Gasteiger partial charge < -0.3 is 9.84 Å². The summed E-state index contributed by atoms with van der Waals surface area (Å²) in [5.41, 5.74) is 0.262. The molecule has 1 saturated heterocycles. The highest BCUT2D eigenvalue weighted by atomic mass is 32.2. The van der Waals surface area contributed by atoms with E-state index in [4.69, 9.17) is 4.52 Å². The highest BCUT2D eigenvalue weighted by molar-refractivity contribution is 7.89. The Morgan fingerprint density at radius 3 is 2.62 bits per heavy atom. The zero-order valence-electron chi connectivity index (χ0n) is 18.3. The van der Waals surface area contributed by atoms with Gasteiger partial charge in [-0.15, -0.1) is 0 Å². The second kappa shape index (κ2) is 9.91. The number of piperidine rings is 1. The molecule has 0 spiro atoms. The van der Waals surface area contributed by atoms with Gasteiger partial charge >= 0.3 is 0 Å². The van der Waals surface area contributed by atoms with Crippen molar-refractivity contribution >= 4 is 28.1 Å². The van der Waals surface area contributed by atoms with E-state index in [0.29, 0.717) is 12.8 Å². The maximum atomic E-state index is 13.9. The fourth-order valence-corrected chi connectivity index (χ4v) is 5.27. The van der Waals surface area contributed by atoms with Gasteiger partial charge in [0.05, 0.1) is 0 Å². The highest BCUT2D eigenvalue weighted by Crippen LogP contribution is 2.29. The SMILES string of the molecule is CCC(C)NC(=O)C1CCN(S(=O)(=O)c2c(C)noc2C=Cc2ccc(F)cc2F)CC1. The molecule has 1 aliphatic heterocycles. The fourth-order valence-electron chi connectivity index (χ4n) is 3.55. The number of benzene rings is 1. The molecule has 1 aromatic heterocycles. The Morgan fingerprint density at radius 2 is 2.00 bits per heavy atom. The molecule has 1 N–H and O–H groups in total. The Kier molecular flexibility index (Phi) is 7.45. The number of carbonyl (C=O) groups is 1. The maximum Gasteiger partial charge on any atom is 0.248 e. The van der Waals surface area contributed by atoms with Crippen LogP contribution in [0.25, 0.3) is 12.2 Å². The Bertz CT molecular complexity index is 1110. The van der Waals surface area contributed by atoms with Crippen LogP contribution in [0.5, 0.6) is 0 Å². The molecule has 2 heterocycles. The molecule has 0 aliphatic carbocycles. The van der Waals surface area contributed by atoms with Crippen molar-refractivity contribution in [2.45, 2.75) is 51.0 Å². The fraction of sp³-hybridized carbons (Fsp3) is 0.455. The summed E-state index contributed by atoms with van der Waals surface area (Å²) in [6.07, 6.45) is 4.26. The molecule has 2 aromatic rings. The Labute approximate surface area is 186 Å². The van der Waals surface area contributed by atoms with Crippen molar-refractivity contribution in [1.82, 2.24) is 14.8 Å². The van der Waals surface area contributed by atoms with E-state index in [-0.39, 0.29) is 52.9 Å². The summed E-state index contributed by atoms with van der Waals surface area (Å²) < 4.78 is 60.0. The van der Waals surface area contributed by atoms with E-state index in [1.54, 1.807) is 0 Å². The lowest BCUT2D eigenvalue weighted by atomic mass is 9.97. The Hall–Kier alpha value is -2.59. The number of aryl methyl sites for hydroxylation is 1. The van der Waals surface area contributed by atoms with E-state index in [2.05, 4.69) is 10.5 Å². The zero-order chi connectivity index (χ0) is 23.5. The van der Waals surface area contributed by atoms with Crippen LogP contribution in [0.3, 0.4) is 0 Å². The van der Waals surface area contributed by atoms with Gasteiger partial charge in [0.25, 0.3) is 0 Å². The molecule has 1 aromatic carbocycles. The van der Waals surface area contributed by atoms with Gasteiger partial charge in [0.2, 0.25) is 15.9 Å². The van der Waals surface area contributed by atoms with E-state index in [0.717, 1.165) is 18.6 Å². The van der Waals surface area contributed by atoms with Crippen molar-refractivity contribution < 1.29 is 26.5 Å². The van der Waals surface area contributed by atoms with Crippen LogP contribution >= 0.6 is 0 Å². The number of aromatic nitrogens is 1. The highest BCUT2D eigenvalue weighted by Gasteiger charge is 2.36. The monoisotopic (exact) mass is 467 g/mol. The lowest BCUT2D eigenvalue weighted by molar-refractivity contribution is -0.126. The van der Waals surface area contributed by atoms with Crippen LogP contribution < -0.4 is 5.32 Å². The number of nitrogens with one attached hydrogen (secondary N) is 1. The first-order chi connectivity index (χ1) is 15.1. The molecule has 10 heteroatoms. The van der Waals surface area contributed by atoms with E-state index < -0.39 is 21.7 Å². The van der Waals surface area contributed by atoms with E-state index in [1.165, 1.54) is 29.4 Å². The number of nitrogens with zero attached hydrogens (tertiary/aromatic N) is 2. The van der Waals surface area contributed by atoms with Crippen LogP contribution in [-0.2, 0) is 14.8 Å². The predicted molar refractivity (Wildman–Crippen MR) is 116 cm³/mol. The smallest absolute Gasteiger partial charge is 0.248 e. The van der Waals surface area contributed by atoms with Crippen LogP contribution in [0.1, 0.15) is 50.1 Å². The van der Waals surface area contributed by atoms with Gasteiger partial charge in [-0.1, -0.05) is 12.1 Å². The quantitative estimate of drug-likeness (QED) is 0.670. The average Bonchev–Trinajstić information content (AvgIpc) is 3.14. The minimum absolute atomic E-state index is 0.0390. The van der Waals surface area contributed by atoms with Crippen molar-refractivity contribution in [1.29, 1.82) is 0 Å². The van der Waals surface area contributed by atoms with Gasteiger partial charge in [-0.3, -0.25) is 4.79 Å². The van der Waals surface area contributed by atoms with E-state index in [9.17, 15) is 22.0 Å². The van der Waals surface area contributed by atoms with Crippen LogP contribution in [-0.4, -0.2) is 42.9 Å². The molecule has 1 amide bonds. The Balaban J connectivity index is 1.76. The normalized spacial score (nSPS) is 17.0. The van der Waals surface area contributed by atoms with Crippen molar-refractivity contribution in [3.63, 3.8) is 0 Å². The minimum atomic E-state index is -3.94. The third-order valence-electron chi connectivity index (χ3n) is 5.63. The summed E-state index contributed by atoms with van der Waals surface area (Å²) in [7, 11) is -3.94. The lowest BCUT2D eigenvalue weighted by Crippen LogP contribution is -2.44. The third kappa shape index (κ3) is 5.24. The van der Waals surface area contributed by atoms with Crippen molar-refractivity contribution in [3.8, 4) is 0 Å². The first kappa shape index (κ1) is 24.1. The number of carbonyl (C=O) groups excluding carboxylic acids is 1. The molecule has 0 bridgehead atoms. The van der Waals surface area contributed by atoms with Crippen LogP contribution in [0.15, 0.2) is 27.6 Å². The van der Waals surface area contributed by atoms with Crippen molar-refractivity contribution in [2.24, 2.45) is 5.92 Å². The van der Waals surface area contributed by atoms with Crippen LogP contribution in [0.4, 0.5) is 8.78 Å². The third-order valence-corrected chi connectivity index (χ3v) is 7.69. The molecule has 7 nitrogen and oxygen atoms in total. The van der Waals surface area contributed by atoms with Crippen molar-refractivity contribution in [2.75, 3.05) is 13.1 Å². The number of hydrogen-bond donors (Lipinski definition) is 1. The molecule has 1 fully saturated rings. The Morgan fingerprint density at radius 1 is 1.31 bits per heavy atom. The topological polar surface area (TPSA) is 92.5 Å². The number of sulfonamides is 1. The second-order valence-electron chi connectivity index (χ2n) is 7.96. The van der Waals surface area contributed by atoms with Gasteiger partial charge in [-0.25, -0.2) is 17.2 Å². The summed E-state index contributed by atoms with van der Waals surface area (Å²) in [6.45, 7) is 5.82. The number of hydrogen-bond acceptors (Lipinski definition) is 5. The first-order valence-corrected chi connectivity index (χ1v) is 12.0.